The fourth-order valence-corrected chi connectivity index (χ4v) is 4.90. The van der Waals surface area contributed by atoms with Crippen LogP contribution in [0.3, 0.4) is 0 Å². The van der Waals surface area contributed by atoms with E-state index >= 15 is 0 Å². The zero-order chi connectivity index (χ0) is 26.6. The molecule has 5 heteroatoms. The van der Waals surface area contributed by atoms with Crippen molar-refractivity contribution in [2.45, 2.75) is 32.7 Å². The average Bonchev–Trinajstić information content (AvgIpc) is 3.37. The van der Waals surface area contributed by atoms with Crippen LogP contribution < -0.4 is 5.32 Å². The maximum atomic E-state index is 12.5. The van der Waals surface area contributed by atoms with Crippen LogP contribution in [0, 0.1) is 6.92 Å². The fourth-order valence-electron chi connectivity index (χ4n) is 4.90. The third-order valence-electron chi connectivity index (χ3n) is 6.84. The molecule has 5 nitrogen and oxygen atoms in total. The van der Waals surface area contributed by atoms with Crippen molar-refractivity contribution in [1.82, 2.24) is 15.3 Å². The molecule has 1 heterocycles. The summed E-state index contributed by atoms with van der Waals surface area (Å²) in [4.78, 5) is 20.7. The second kappa shape index (κ2) is 10.8. The molecule has 3 N–H and O–H groups in total. The molecule has 0 saturated heterocycles. The number of aromatic carboxylic acids is 1. The molecule has 0 bridgehead atoms. The average molecular weight is 502 g/mol. The highest BCUT2D eigenvalue weighted by atomic mass is 16.4. The van der Waals surface area contributed by atoms with Crippen LogP contribution in [0.5, 0.6) is 0 Å². The van der Waals surface area contributed by atoms with E-state index in [1.54, 1.807) is 6.07 Å². The number of aromatic amines is 1. The van der Waals surface area contributed by atoms with E-state index in [-0.39, 0.29) is 11.6 Å². The van der Waals surface area contributed by atoms with E-state index in [1.165, 1.54) is 5.56 Å². The minimum Gasteiger partial charge on any atom is -0.478 e. The molecule has 0 fully saturated rings. The molecule has 38 heavy (non-hydrogen) atoms. The lowest BCUT2D eigenvalue weighted by atomic mass is 9.91. The molecule has 5 rings (SSSR count). The molecule has 0 aliphatic heterocycles. The Morgan fingerprint density at radius 3 is 2.42 bits per heavy atom. The number of aryl methyl sites for hydroxylation is 1. The number of nitrogens with zero attached hydrogens (tertiary/aromatic N) is 1. The number of fused-ring (bicyclic) bond motifs is 1. The summed E-state index contributed by atoms with van der Waals surface area (Å²) in [6.07, 6.45) is 1.95. The van der Waals surface area contributed by atoms with Gasteiger partial charge in [-0.1, -0.05) is 98.3 Å². The Morgan fingerprint density at radius 1 is 0.947 bits per heavy atom. The van der Waals surface area contributed by atoms with Crippen molar-refractivity contribution in [1.29, 1.82) is 0 Å². The predicted octanol–water partition coefficient (Wildman–Crippen LogP) is 8.01. The summed E-state index contributed by atoms with van der Waals surface area (Å²) in [6.45, 7) is 8.42. The topological polar surface area (TPSA) is 78.0 Å². The number of hydrogen-bond acceptors (Lipinski definition) is 3. The van der Waals surface area contributed by atoms with E-state index < -0.39 is 5.97 Å². The first-order valence-electron chi connectivity index (χ1n) is 12.9. The summed E-state index contributed by atoms with van der Waals surface area (Å²) in [7, 11) is 0. The molecule has 1 aromatic heterocycles. The van der Waals surface area contributed by atoms with Gasteiger partial charge in [-0.05, 0) is 53.8 Å². The molecular formula is C33H31N3O2. The standard InChI is InChI=1S/C33H31N3O2/c1-4-10-29(23-11-6-5-7-12-23)34-22(3)24-16-18-25(28(20-24)33(37)38)27-19-21(2)15-17-26(27)32-35-30-13-8-9-14-31(30)36-32/h5-9,11-20,29,34H,3-4,10H2,1-2H3,(H,35,36)(H,37,38). The Kier molecular flexibility index (Phi) is 7.09. The number of carboxylic acid groups (broad SMARTS) is 1. The highest BCUT2D eigenvalue weighted by Crippen LogP contribution is 2.36. The van der Waals surface area contributed by atoms with Gasteiger partial charge in [0.15, 0.2) is 0 Å². The van der Waals surface area contributed by atoms with Crippen molar-refractivity contribution in [3.05, 3.63) is 120 Å². The summed E-state index contributed by atoms with van der Waals surface area (Å²) in [5.74, 6) is -0.280. The monoisotopic (exact) mass is 501 g/mol. The van der Waals surface area contributed by atoms with Crippen molar-refractivity contribution in [2.75, 3.05) is 0 Å². The van der Waals surface area contributed by atoms with Gasteiger partial charge in [0.05, 0.1) is 22.6 Å². The highest BCUT2D eigenvalue weighted by molar-refractivity contribution is 6.00. The van der Waals surface area contributed by atoms with E-state index in [9.17, 15) is 9.90 Å². The van der Waals surface area contributed by atoms with Gasteiger partial charge < -0.3 is 15.4 Å². The second-order valence-corrected chi connectivity index (χ2v) is 9.59. The zero-order valence-electron chi connectivity index (χ0n) is 21.7. The number of imidazole rings is 1. The molecular weight excluding hydrogens is 470 g/mol. The Labute approximate surface area is 222 Å². The van der Waals surface area contributed by atoms with Gasteiger partial charge >= 0.3 is 5.97 Å². The third-order valence-corrected chi connectivity index (χ3v) is 6.84. The van der Waals surface area contributed by atoms with E-state index in [4.69, 9.17) is 4.98 Å². The van der Waals surface area contributed by atoms with Crippen molar-refractivity contribution in [3.8, 4) is 22.5 Å². The van der Waals surface area contributed by atoms with Crippen molar-refractivity contribution < 1.29 is 9.90 Å². The molecule has 0 saturated carbocycles. The van der Waals surface area contributed by atoms with E-state index in [2.05, 4.69) is 35.9 Å². The number of carboxylic acids is 1. The largest absolute Gasteiger partial charge is 0.478 e. The van der Waals surface area contributed by atoms with Crippen LogP contribution in [0.4, 0.5) is 0 Å². The molecule has 0 amide bonds. The molecule has 0 spiro atoms. The van der Waals surface area contributed by atoms with Crippen molar-refractivity contribution >= 4 is 22.7 Å². The van der Waals surface area contributed by atoms with Gasteiger partial charge in [-0.25, -0.2) is 9.78 Å². The lowest BCUT2D eigenvalue weighted by Gasteiger charge is -2.22. The summed E-state index contributed by atoms with van der Waals surface area (Å²) in [5, 5.41) is 13.8. The number of rotatable bonds is 9. The van der Waals surface area contributed by atoms with Crippen LogP contribution in [-0.2, 0) is 0 Å². The number of nitrogens with one attached hydrogen (secondary N) is 2. The first kappa shape index (κ1) is 25.0. The summed E-state index contributed by atoms with van der Waals surface area (Å²) in [5.41, 5.74) is 8.00. The zero-order valence-corrected chi connectivity index (χ0v) is 21.7. The van der Waals surface area contributed by atoms with Crippen LogP contribution in [0.15, 0.2) is 97.6 Å². The van der Waals surface area contributed by atoms with Crippen LogP contribution in [0.1, 0.15) is 52.9 Å². The minimum absolute atomic E-state index is 0.0955. The van der Waals surface area contributed by atoms with Crippen molar-refractivity contribution in [3.63, 3.8) is 0 Å². The van der Waals surface area contributed by atoms with E-state index in [0.717, 1.165) is 46.1 Å². The van der Waals surface area contributed by atoms with Gasteiger partial charge in [0, 0.05) is 11.3 Å². The van der Waals surface area contributed by atoms with Gasteiger partial charge in [0.25, 0.3) is 0 Å². The van der Waals surface area contributed by atoms with Gasteiger partial charge in [-0.3, -0.25) is 0 Å². The molecule has 5 aromatic rings. The highest BCUT2D eigenvalue weighted by Gasteiger charge is 2.20. The Hall–Kier alpha value is -4.64. The Bertz CT molecular complexity index is 1590. The number of aromatic nitrogens is 2. The Morgan fingerprint density at radius 2 is 1.68 bits per heavy atom. The predicted molar refractivity (Wildman–Crippen MR) is 155 cm³/mol. The molecule has 0 radical (unpaired) electrons. The molecule has 1 atom stereocenters. The fraction of sp³-hybridized carbons (Fsp3) is 0.152. The third kappa shape index (κ3) is 5.09. The van der Waals surface area contributed by atoms with Gasteiger partial charge in [0.1, 0.15) is 5.82 Å². The normalized spacial score (nSPS) is 11.8. The smallest absolute Gasteiger partial charge is 0.336 e. The molecule has 4 aromatic carbocycles. The summed E-state index contributed by atoms with van der Waals surface area (Å²) in [6, 6.07) is 29.8. The number of H-pyrrole nitrogens is 1. The molecule has 0 aliphatic rings. The quantitative estimate of drug-likeness (QED) is 0.191. The lowest BCUT2D eigenvalue weighted by Crippen LogP contribution is -2.19. The maximum Gasteiger partial charge on any atom is 0.336 e. The second-order valence-electron chi connectivity index (χ2n) is 9.59. The lowest BCUT2D eigenvalue weighted by molar-refractivity contribution is 0.0697. The number of benzene rings is 4. The minimum atomic E-state index is -0.986. The first-order chi connectivity index (χ1) is 18.4. The SMILES string of the molecule is C=C(NC(CCC)c1ccccc1)c1ccc(-c2cc(C)ccc2-c2nc3ccccc3[nH]2)c(C(=O)O)c1. The van der Waals surface area contributed by atoms with Crippen molar-refractivity contribution in [2.24, 2.45) is 0 Å². The summed E-state index contributed by atoms with van der Waals surface area (Å²) >= 11 is 0. The van der Waals surface area contributed by atoms with Crippen LogP contribution in [0.2, 0.25) is 0 Å². The summed E-state index contributed by atoms with van der Waals surface area (Å²) < 4.78 is 0. The van der Waals surface area contributed by atoms with Gasteiger partial charge in [0.2, 0.25) is 0 Å². The van der Waals surface area contributed by atoms with E-state index in [1.807, 2.05) is 79.7 Å². The number of para-hydroxylation sites is 2. The van der Waals surface area contributed by atoms with Crippen LogP contribution in [-0.4, -0.2) is 21.0 Å². The first-order valence-corrected chi connectivity index (χ1v) is 12.9. The van der Waals surface area contributed by atoms with Gasteiger partial charge in [-0.2, -0.15) is 0 Å². The van der Waals surface area contributed by atoms with Crippen LogP contribution in [0.25, 0.3) is 39.2 Å². The number of hydrogen-bond donors (Lipinski definition) is 3. The maximum absolute atomic E-state index is 12.5. The number of carbonyl (C=O) groups is 1. The van der Waals surface area contributed by atoms with Crippen LogP contribution >= 0.6 is 0 Å². The van der Waals surface area contributed by atoms with E-state index in [0.29, 0.717) is 17.1 Å². The Balaban J connectivity index is 1.54. The molecule has 190 valence electrons. The van der Waals surface area contributed by atoms with Gasteiger partial charge in [-0.15, -0.1) is 0 Å². The molecule has 0 aliphatic carbocycles. The molecule has 1 unspecified atom stereocenters.